The van der Waals surface area contributed by atoms with Crippen LogP contribution in [0.1, 0.15) is 24.2 Å². The van der Waals surface area contributed by atoms with Crippen LogP contribution in [0.4, 0.5) is 0 Å². The smallest absolute Gasteiger partial charge is 0.259 e. The Morgan fingerprint density at radius 2 is 1.80 bits per heavy atom. The number of carbonyl (C=O) groups is 2. The molecule has 108 valence electrons. The number of thioether (sulfide) groups is 1. The van der Waals surface area contributed by atoms with Crippen molar-refractivity contribution in [3.05, 3.63) is 29.8 Å². The first-order valence-corrected chi connectivity index (χ1v) is 8.62. The second-order valence-electron chi connectivity index (χ2n) is 4.98. The highest BCUT2D eigenvalue weighted by molar-refractivity contribution is 7.98. The van der Waals surface area contributed by atoms with Crippen molar-refractivity contribution in [2.24, 2.45) is 0 Å². The second kappa shape index (κ2) is 4.89. The van der Waals surface area contributed by atoms with Gasteiger partial charge in [-0.1, -0.05) is 12.1 Å². The normalized spacial score (nSPS) is 19.6. The number of sulfonamides is 1. The summed E-state index contributed by atoms with van der Waals surface area (Å²) in [6.07, 6.45) is 1.92. The molecule has 1 fully saturated rings. The summed E-state index contributed by atoms with van der Waals surface area (Å²) in [6, 6.07) is 6.84. The molecule has 0 aromatic heterocycles. The van der Waals surface area contributed by atoms with E-state index in [1.165, 1.54) is 13.8 Å². The molecule has 1 aliphatic heterocycles. The van der Waals surface area contributed by atoms with Crippen molar-refractivity contribution in [2.75, 3.05) is 12.8 Å². The molecule has 1 aromatic rings. The van der Waals surface area contributed by atoms with E-state index in [0.29, 0.717) is 9.87 Å². The van der Waals surface area contributed by atoms with Crippen LogP contribution in [0, 0.1) is 0 Å². The van der Waals surface area contributed by atoms with Gasteiger partial charge in [-0.25, -0.2) is 12.7 Å². The van der Waals surface area contributed by atoms with Gasteiger partial charge in [0.2, 0.25) is 0 Å². The number of rotatable bonds is 4. The maximum Gasteiger partial charge on any atom is 0.259 e. The number of hydrogen-bond acceptors (Lipinski definition) is 5. The molecule has 1 amide bonds. The van der Waals surface area contributed by atoms with Gasteiger partial charge in [0.05, 0.1) is 0 Å². The molecule has 5 nitrogen and oxygen atoms in total. The third-order valence-electron chi connectivity index (χ3n) is 3.38. The average Bonchev–Trinajstić information content (AvgIpc) is 2.43. The summed E-state index contributed by atoms with van der Waals surface area (Å²) in [6.45, 7) is 2.26. The fourth-order valence-corrected chi connectivity index (χ4v) is 3.80. The van der Waals surface area contributed by atoms with Gasteiger partial charge in [0.1, 0.15) is 6.54 Å². The number of ketones is 1. The first kappa shape index (κ1) is 15.1. The van der Waals surface area contributed by atoms with Crippen molar-refractivity contribution < 1.29 is 18.0 Å². The largest absolute Gasteiger partial charge is 0.292 e. The highest BCUT2D eigenvalue weighted by atomic mass is 32.2. The summed E-state index contributed by atoms with van der Waals surface area (Å²) in [5, 5.41) is 0. The summed E-state index contributed by atoms with van der Waals surface area (Å²) in [4.78, 5) is 24.8. The molecule has 0 bridgehead atoms. The van der Waals surface area contributed by atoms with Gasteiger partial charge >= 0.3 is 0 Å². The number of hydrogen-bond donors (Lipinski definition) is 0. The first-order chi connectivity index (χ1) is 9.21. The van der Waals surface area contributed by atoms with E-state index in [-0.39, 0.29) is 5.78 Å². The van der Waals surface area contributed by atoms with Crippen LogP contribution in [0.25, 0.3) is 0 Å². The molecule has 0 radical (unpaired) electrons. The van der Waals surface area contributed by atoms with Crippen molar-refractivity contribution in [2.45, 2.75) is 23.5 Å². The molecule has 1 heterocycles. The molecular formula is C13H15NO4S2. The quantitative estimate of drug-likeness (QED) is 0.623. The van der Waals surface area contributed by atoms with Crippen molar-refractivity contribution in [1.29, 1.82) is 0 Å². The molecule has 7 heteroatoms. The molecule has 2 rings (SSSR count). The monoisotopic (exact) mass is 313 g/mol. The van der Waals surface area contributed by atoms with Crippen molar-refractivity contribution in [3.63, 3.8) is 0 Å². The van der Waals surface area contributed by atoms with Crippen LogP contribution in [0.15, 0.2) is 29.2 Å². The first-order valence-electron chi connectivity index (χ1n) is 5.96. The van der Waals surface area contributed by atoms with Gasteiger partial charge in [0.15, 0.2) is 10.5 Å². The zero-order chi connectivity index (χ0) is 15.1. The highest BCUT2D eigenvalue weighted by Gasteiger charge is 2.60. The number of carbonyl (C=O) groups excluding carboxylic acids is 2. The van der Waals surface area contributed by atoms with Crippen molar-refractivity contribution >= 4 is 33.5 Å². The molecule has 0 aliphatic carbocycles. The standard InChI is InChI=1S/C13H15NO4S2/c1-13(2)12(16)14(20(13,17)18)8-11(15)9-4-6-10(19-3)7-5-9/h4-7H,8H2,1-3H3. The Bertz CT molecular complexity index is 662. The zero-order valence-electron chi connectivity index (χ0n) is 11.4. The highest BCUT2D eigenvalue weighted by Crippen LogP contribution is 2.34. The summed E-state index contributed by atoms with van der Waals surface area (Å²) in [5.74, 6) is -0.920. The number of Topliss-reactive ketones (excluding diaryl/α,β-unsaturated/α-hetero) is 1. The predicted molar refractivity (Wildman–Crippen MR) is 77.3 cm³/mol. The van der Waals surface area contributed by atoms with Crippen LogP contribution in [-0.2, 0) is 14.8 Å². The second-order valence-corrected chi connectivity index (χ2v) is 8.27. The minimum atomic E-state index is -3.71. The number of nitrogens with zero attached hydrogens (tertiary/aromatic N) is 1. The van der Waals surface area contributed by atoms with Crippen molar-refractivity contribution in [3.8, 4) is 0 Å². The zero-order valence-corrected chi connectivity index (χ0v) is 13.0. The molecule has 1 aliphatic rings. The molecule has 0 unspecified atom stereocenters. The predicted octanol–water partition coefficient (Wildman–Crippen LogP) is 1.54. The summed E-state index contributed by atoms with van der Waals surface area (Å²) < 4.78 is 23.0. The Morgan fingerprint density at radius 1 is 1.25 bits per heavy atom. The number of benzene rings is 1. The molecular weight excluding hydrogens is 298 g/mol. The van der Waals surface area contributed by atoms with Gasteiger partial charge in [-0.2, -0.15) is 0 Å². The lowest BCUT2D eigenvalue weighted by Gasteiger charge is -2.42. The fourth-order valence-electron chi connectivity index (χ4n) is 1.91. The lowest BCUT2D eigenvalue weighted by atomic mass is 10.1. The van der Waals surface area contributed by atoms with Crippen molar-refractivity contribution in [1.82, 2.24) is 4.31 Å². The summed E-state index contributed by atoms with van der Waals surface area (Å²) >= 11 is 1.55. The minimum absolute atomic E-state index is 0.384. The van der Waals surface area contributed by atoms with Gasteiger partial charge in [-0.05, 0) is 32.2 Å². The lowest BCUT2D eigenvalue weighted by molar-refractivity contribution is -0.131. The van der Waals surface area contributed by atoms with E-state index in [9.17, 15) is 18.0 Å². The van der Waals surface area contributed by atoms with Gasteiger partial charge in [-0.15, -0.1) is 11.8 Å². The van der Waals surface area contributed by atoms with E-state index in [2.05, 4.69) is 0 Å². The minimum Gasteiger partial charge on any atom is -0.292 e. The van der Waals surface area contributed by atoms with Gasteiger partial charge in [0.25, 0.3) is 15.9 Å². The molecule has 0 spiro atoms. The van der Waals surface area contributed by atoms with Crippen LogP contribution in [0.5, 0.6) is 0 Å². The molecule has 0 atom stereocenters. The molecule has 1 aromatic carbocycles. The van der Waals surface area contributed by atoms with Gasteiger partial charge in [-0.3, -0.25) is 9.59 Å². The van der Waals surface area contributed by atoms with Gasteiger partial charge in [0, 0.05) is 10.5 Å². The average molecular weight is 313 g/mol. The summed E-state index contributed by atoms with van der Waals surface area (Å²) in [7, 11) is -3.71. The topological polar surface area (TPSA) is 71.5 Å². The Morgan fingerprint density at radius 3 is 2.25 bits per heavy atom. The van der Waals surface area contributed by atoms with E-state index in [0.717, 1.165) is 4.90 Å². The summed E-state index contributed by atoms with van der Waals surface area (Å²) in [5.41, 5.74) is 0.399. The third-order valence-corrected chi connectivity index (χ3v) is 6.46. The fraction of sp³-hybridized carbons (Fsp3) is 0.385. The van der Waals surface area contributed by atoms with Crippen LogP contribution >= 0.6 is 11.8 Å². The SMILES string of the molecule is CSc1ccc(C(=O)CN2C(=O)C(C)(C)S2(=O)=O)cc1. The lowest BCUT2D eigenvalue weighted by Crippen LogP contribution is -2.68. The molecule has 20 heavy (non-hydrogen) atoms. The van der Waals surface area contributed by atoms with Crippen LogP contribution < -0.4 is 0 Å². The Labute approximate surface area is 122 Å². The van der Waals surface area contributed by atoms with E-state index in [4.69, 9.17) is 0 Å². The molecule has 1 saturated heterocycles. The van der Waals surface area contributed by atoms with E-state index in [1.54, 1.807) is 36.0 Å². The Balaban J connectivity index is 2.15. The number of amides is 1. The van der Waals surface area contributed by atoms with E-state index < -0.39 is 27.2 Å². The molecule has 0 saturated carbocycles. The molecule has 0 N–H and O–H groups in total. The maximum absolute atomic E-state index is 12.0. The van der Waals surface area contributed by atoms with E-state index in [1.807, 2.05) is 6.26 Å². The van der Waals surface area contributed by atoms with Gasteiger partial charge < -0.3 is 0 Å². The maximum atomic E-state index is 12.0. The van der Waals surface area contributed by atoms with Crippen LogP contribution in [0.2, 0.25) is 0 Å². The third kappa shape index (κ3) is 2.14. The Kier molecular flexibility index (Phi) is 3.68. The van der Waals surface area contributed by atoms with E-state index >= 15 is 0 Å². The van der Waals surface area contributed by atoms with Crippen LogP contribution in [0.3, 0.4) is 0 Å². The van der Waals surface area contributed by atoms with Crippen LogP contribution in [-0.4, -0.2) is 42.0 Å². The Hall–Kier alpha value is -1.34.